The van der Waals surface area contributed by atoms with Crippen molar-refractivity contribution in [2.45, 2.75) is 12.0 Å². The molecule has 2 aromatic carbocycles. The fourth-order valence-electron chi connectivity index (χ4n) is 2.56. The van der Waals surface area contributed by atoms with E-state index in [2.05, 4.69) is 15.9 Å². The second-order valence-corrected chi connectivity index (χ2v) is 5.60. The van der Waals surface area contributed by atoms with Crippen LogP contribution in [0.15, 0.2) is 22.7 Å². The maximum Gasteiger partial charge on any atom is 0.200 e. The molecule has 0 saturated heterocycles. The van der Waals surface area contributed by atoms with Crippen molar-refractivity contribution < 1.29 is 27.1 Å². The zero-order valence-corrected chi connectivity index (χ0v) is 11.7. The fourth-order valence-corrected chi connectivity index (χ4v) is 3.07. The molecule has 1 aliphatic carbocycles. The lowest BCUT2D eigenvalue weighted by Crippen LogP contribution is -2.42. The molecule has 1 atom stereocenters. The van der Waals surface area contributed by atoms with Gasteiger partial charge in [-0.25, -0.2) is 22.0 Å². The van der Waals surface area contributed by atoms with Crippen molar-refractivity contribution in [2.75, 3.05) is 0 Å². The van der Waals surface area contributed by atoms with Crippen LogP contribution in [-0.2, 0) is 12.0 Å². The molecule has 0 radical (unpaired) electrons. The highest BCUT2D eigenvalue weighted by Crippen LogP contribution is 2.49. The van der Waals surface area contributed by atoms with Crippen LogP contribution < -0.4 is 0 Å². The van der Waals surface area contributed by atoms with E-state index >= 15 is 0 Å². The maximum absolute atomic E-state index is 13.8. The summed E-state index contributed by atoms with van der Waals surface area (Å²) in [6.07, 6.45) is -0.248. The summed E-state index contributed by atoms with van der Waals surface area (Å²) < 4.78 is 67.8. The van der Waals surface area contributed by atoms with Gasteiger partial charge in [-0.15, -0.1) is 0 Å². The summed E-state index contributed by atoms with van der Waals surface area (Å²) >= 11 is 3.19. The van der Waals surface area contributed by atoms with E-state index in [1.54, 1.807) is 6.07 Å². The van der Waals surface area contributed by atoms with E-state index in [-0.39, 0.29) is 12.0 Å². The van der Waals surface area contributed by atoms with Gasteiger partial charge in [0, 0.05) is 10.9 Å². The van der Waals surface area contributed by atoms with Crippen molar-refractivity contribution in [3.63, 3.8) is 0 Å². The highest BCUT2D eigenvalue weighted by molar-refractivity contribution is 9.10. The molecule has 0 aliphatic heterocycles. The van der Waals surface area contributed by atoms with Crippen molar-refractivity contribution in [3.05, 3.63) is 68.4 Å². The van der Waals surface area contributed by atoms with Gasteiger partial charge in [-0.05, 0) is 17.2 Å². The molecular weight excluding hydrogens is 359 g/mol. The van der Waals surface area contributed by atoms with E-state index < -0.39 is 40.3 Å². The standard InChI is InChI=1S/C14H6BrF5O/c15-7-3-1-2-6-5(7)4-14(6,21)8-9(16)11(18)13(20)12(19)10(8)17/h1-3,21H,4H2. The first-order chi connectivity index (χ1) is 9.79. The molecule has 2 aromatic rings. The lowest BCUT2D eigenvalue weighted by atomic mass is 9.69. The van der Waals surface area contributed by atoms with Gasteiger partial charge in [0.15, 0.2) is 23.3 Å². The predicted octanol–water partition coefficient (Wildman–Crippen LogP) is 3.94. The number of rotatable bonds is 1. The third-order valence-corrected chi connectivity index (χ3v) is 4.36. The minimum absolute atomic E-state index is 0.111. The molecule has 0 spiro atoms. The summed E-state index contributed by atoms with van der Waals surface area (Å²) in [6.45, 7) is 0. The third-order valence-electron chi connectivity index (χ3n) is 3.62. The van der Waals surface area contributed by atoms with Gasteiger partial charge in [-0.2, -0.15) is 0 Å². The summed E-state index contributed by atoms with van der Waals surface area (Å²) in [7, 11) is 0. The molecule has 7 heteroatoms. The van der Waals surface area contributed by atoms with Crippen molar-refractivity contribution in [1.82, 2.24) is 0 Å². The molecular formula is C14H6BrF5O. The van der Waals surface area contributed by atoms with E-state index in [0.717, 1.165) is 0 Å². The molecule has 110 valence electrons. The van der Waals surface area contributed by atoms with Gasteiger partial charge in [0.2, 0.25) is 5.82 Å². The quantitative estimate of drug-likeness (QED) is 0.461. The van der Waals surface area contributed by atoms with Crippen LogP contribution in [0.1, 0.15) is 16.7 Å². The number of hydrogen-bond acceptors (Lipinski definition) is 1. The number of halogens is 6. The van der Waals surface area contributed by atoms with Crippen LogP contribution in [0, 0.1) is 29.1 Å². The van der Waals surface area contributed by atoms with Gasteiger partial charge in [0.25, 0.3) is 0 Å². The first kappa shape index (κ1) is 14.5. The smallest absolute Gasteiger partial charge is 0.200 e. The largest absolute Gasteiger partial charge is 0.380 e. The average Bonchev–Trinajstić information content (AvgIpc) is 2.44. The number of benzene rings is 2. The van der Waals surface area contributed by atoms with Crippen molar-refractivity contribution in [3.8, 4) is 0 Å². The summed E-state index contributed by atoms with van der Waals surface area (Å²) in [5.41, 5.74) is -2.78. The number of hydrogen-bond donors (Lipinski definition) is 1. The molecule has 0 saturated carbocycles. The lowest BCUT2D eigenvalue weighted by Gasteiger charge is -2.40. The number of fused-ring (bicyclic) bond motifs is 1. The molecule has 1 N–H and O–H groups in total. The van der Waals surface area contributed by atoms with Crippen LogP contribution in [0.3, 0.4) is 0 Å². The Bertz CT molecular complexity index is 747. The van der Waals surface area contributed by atoms with E-state index in [1.165, 1.54) is 12.1 Å². The first-order valence-corrected chi connectivity index (χ1v) is 6.60. The Morgan fingerprint density at radius 3 is 2.00 bits per heavy atom. The highest BCUT2D eigenvalue weighted by atomic mass is 79.9. The maximum atomic E-state index is 13.8. The van der Waals surface area contributed by atoms with Crippen LogP contribution in [0.2, 0.25) is 0 Å². The minimum atomic E-state index is -2.24. The number of aliphatic hydroxyl groups is 1. The van der Waals surface area contributed by atoms with Gasteiger partial charge in [0.05, 0.1) is 5.56 Å². The zero-order chi connectivity index (χ0) is 15.5. The van der Waals surface area contributed by atoms with Crippen LogP contribution in [0.4, 0.5) is 22.0 Å². The molecule has 0 bridgehead atoms. The fraction of sp³-hybridized carbons (Fsp3) is 0.143. The summed E-state index contributed by atoms with van der Waals surface area (Å²) in [5.74, 6) is -10.4. The SMILES string of the molecule is OC1(c2c(F)c(F)c(F)c(F)c2F)Cc2c(Br)cccc21. The van der Waals surface area contributed by atoms with Gasteiger partial charge >= 0.3 is 0 Å². The highest BCUT2D eigenvalue weighted by Gasteiger charge is 2.49. The Labute approximate surface area is 124 Å². The van der Waals surface area contributed by atoms with Crippen LogP contribution >= 0.6 is 15.9 Å². The third kappa shape index (κ3) is 1.77. The van der Waals surface area contributed by atoms with Gasteiger partial charge in [0.1, 0.15) is 5.60 Å². The monoisotopic (exact) mass is 364 g/mol. The molecule has 0 aromatic heterocycles. The summed E-state index contributed by atoms with van der Waals surface area (Å²) in [4.78, 5) is 0. The lowest BCUT2D eigenvalue weighted by molar-refractivity contribution is 0.0458. The van der Waals surface area contributed by atoms with Crippen LogP contribution in [0.5, 0.6) is 0 Å². The summed E-state index contributed by atoms with van der Waals surface area (Å²) in [6, 6.07) is 4.53. The summed E-state index contributed by atoms with van der Waals surface area (Å²) in [5, 5.41) is 10.4. The molecule has 21 heavy (non-hydrogen) atoms. The van der Waals surface area contributed by atoms with Gasteiger partial charge in [-0.3, -0.25) is 0 Å². The molecule has 0 heterocycles. The van der Waals surface area contributed by atoms with Gasteiger partial charge < -0.3 is 5.11 Å². The molecule has 1 nitrogen and oxygen atoms in total. The second-order valence-electron chi connectivity index (χ2n) is 4.75. The van der Waals surface area contributed by atoms with E-state index in [9.17, 15) is 27.1 Å². The van der Waals surface area contributed by atoms with Crippen LogP contribution in [0.25, 0.3) is 0 Å². The molecule has 1 aliphatic rings. The van der Waals surface area contributed by atoms with Crippen LogP contribution in [-0.4, -0.2) is 5.11 Å². The minimum Gasteiger partial charge on any atom is -0.380 e. The normalized spacial score (nSPS) is 20.1. The van der Waals surface area contributed by atoms with E-state index in [0.29, 0.717) is 10.0 Å². The van der Waals surface area contributed by atoms with E-state index in [4.69, 9.17) is 0 Å². The second kappa shape index (κ2) is 4.51. The zero-order valence-electron chi connectivity index (χ0n) is 10.2. The van der Waals surface area contributed by atoms with Crippen molar-refractivity contribution in [1.29, 1.82) is 0 Å². The first-order valence-electron chi connectivity index (χ1n) is 5.81. The van der Waals surface area contributed by atoms with Crippen molar-refractivity contribution in [2.24, 2.45) is 0 Å². The van der Waals surface area contributed by atoms with E-state index in [1.807, 2.05) is 0 Å². The molecule has 3 rings (SSSR count). The topological polar surface area (TPSA) is 20.2 Å². The van der Waals surface area contributed by atoms with Crippen molar-refractivity contribution >= 4 is 15.9 Å². The Kier molecular flexibility index (Phi) is 3.11. The van der Waals surface area contributed by atoms with Gasteiger partial charge in [-0.1, -0.05) is 28.1 Å². The Morgan fingerprint density at radius 2 is 1.43 bits per heavy atom. The Balaban J connectivity index is 2.28. The molecule has 0 fully saturated rings. The Hall–Kier alpha value is -1.47. The Morgan fingerprint density at radius 1 is 0.905 bits per heavy atom. The average molecular weight is 365 g/mol. The molecule has 1 unspecified atom stereocenters. The predicted molar refractivity (Wildman–Crippen MR) is 67.1 cm³/mol. The molecule has 0 amide bonds.